The van der Waals surface area contributed by atoms with Crippen LogP contribution in [0.2, 0.25) is 0 Å². The van der Waals surface area contributed by atoms with E-state index in [0.29, 0.717) is 29.1 Å². The van der Waals surface area contributed by atoms with E-state index in [-0.39, 0.29) is 22.8 Å². The summed E-state index contributed by atoms with van der Waals surface area (Å²) in [5.41, 5.74) is 1.20. The molecular formula is C24H21F3N2O3. The molecule has 0 atom stereocenters. The zero-order valence-electron chi connectivity index (χ0n) is 17.5. The molecule has 1 N–H and O–H groups in total. The van der Waals surface area contributed by atoms with Gasteiger partial charge in [0.15, 0.2) is 0 Å². The van der Waals surface area contributed by atoms with E-state index >= 15 is 0 Å². The van der Waals surface area contributed by atoms with E-state index in [9.17, 15) is 22.8 Å². The molecule has 2 aliphatic heterocycles. The molecule has 2 amide bonds. The molecule has 0 unspecified atom stereocenters. The van der Waals surface area contributed by atoms with Gasteiger partial charge in [0.1, 0.15) is 5.75 Å². The molecule has 166 valence electrons. The van der Waals surface area contributed by atoms with Crippen molar-refractivity contribution in [3.63, 3.8) is 0 Å². The lowest BCUT2D eigenvalue weighted by molar-refractivity contribution is -0.137. The minimum atomic E-state index is -4.47. The lowest BCUT2D eigenvalue weighted by Gasteiger charge is -2.22. The number of nitrogens with one attached hydrogen (secondary N) is 1. The molecule has 8 heteroatoms. The summed E-state index contributed by atoms with van der Waals surface area (Å²) >= 11 is 0. The molecule has 0 fully saturated rings. The maximum Gasteiger partial charge on any atom is 0.416 e. The van der Waals surface area contributed by atoms with Crippen LogP contribution in [0.1, 0.15) is 36.5 Å². The molecule has 0 bridgehead atoms. The number of carbonyl (C=O) groups excluding carboxylic acids is 2. The van der Waals surface area contributed by atoms with Crippen molar-refractivity contribution in [3.05, 3.63) is 76.4 Å². The van der Waals surface area contributed by atoms with Crippen LogP contribution in [0, 0.1) is 0 Å². The van der Waals surface area contributed by atoms with Gasteiger partial charge >= 0.3 is 6.18 Å². The number of benzene rings is 2. The van der Waals surface area contributed by atoms with Crippen LogP contribution in [0.4, 0.5) is 13.2 Å². The van der Waals surface area contributed by atoms with Crippen LogP contribution in [-0.2, 0) is 15.8 Å². The molecule has 0 saturated heterocycles. The van der Waals surface area contributed by atoms with E-state index < -0.39 is 17.6 Å². The first-order chi connectivity index (χ1) is 15.3. The number of halogens is 3. The number of unbranched alkanes of at least 4 members (excludes halogenated alkanes) is 1. The Morgan fingerprint density at radius 2 is 1.69 bits per heavy atom. The summed E-state index contributed by atoms with van der Waals surface area (Å²) in [4.78, 5) is 28.0. The van der Waals surface area contributed by atoms with E-state index in [2.05, 4.69) is 5.32 Å². The van der Waals surface area contributed by atoms with Crippen LogP contribution < -0.4 is 10.1 Å². The molecule has 32 heavy (non-hydrogen) atoms. The fraction of sp³-hybridized carbons (Fsp3) is 0.250. The van der Waals surface area contributed by atoms with E-state index in [0.717, 1.165) is 25.0 Å². The summed E-state index contributed by atoms with van der Waals surface area (Å²) in [6.07, 6.45) is -2.91. The fourth-order valence-electron chi connectivity index (χ4n) is 3.98. The van der Waals surface area contributed by atoms with Gasteiger partial charge in [-0.2, -0.15) is 13.2 Å². The molecule has 0 radical (unpaired) electrons. The lowest BCUT2D eigenvalue weighted by atomic mass is 10.0. The summed E-state index contributed by atoms with van der Waals surface area (Å²) in [5.74, 6) is -0.313. The van der Waals surface area contributed by atoms with Crippen LogP contribution in [0.15, 0.2) is 59.7 Å². The zero-order chi connectivity index (χ0) is 23.0. The number of methoxy groups -OCH3 is 1. The molecule has 0 aromatic heterocycles. The van der Waals surface area contributed by atoms with Gasteiger partial charge in [-0.05, 0) is 36.2 Å². The number of carbonyl (C=O) groups is 2. The lowest BCUT2D eigenvalue weighted by Crippen LogP contribution is -2.28. The third-order valence-corrected chi connectivity index (χ3v) is 5.53. The van der Waals surface area contributed by atoms with Gasteiger partial charge in [0.25, 0.3) is 11.8 Å². The average molecular weight is 442 g/mol. The Morgan fingerprint density at radius 1 is 1.00 bits per heavy atom. The third-order valence-electron chi connectivity index (χ3n) is 5.53. The van der Waals surface area contributed by atoms with Crippen molar-refractivity contribution in [1.82, 2.24) is 10.2 Å². The van der Waals surface area contributed by atoms with Crippen LogP contribution in [0.3, 0.4) is 0 Å². The molecule has 0 saturated carbocycles. The molecule has 2 aromatic carbocycles. The van der Waals surface area contributed by atoms with Gasteiger partial charge in [0.2, 0.25) is 0 Å². The van der Waals surface area contributed by atoms with E-state index in [1.807, 2.05) is 6.92 Å². The maximum absolute atomic E-state index is 13.4. The molecular weight excluding hydrogens is 421 g/mol. The Labute approximate surface area is 183 Å². The second-order valence-electron chi connectivity index (χ2n) is 7.51. The van der Waals surface area contributed by atoms with Gasteiger partial charge in [0.05, 0.1) is 35.2 Å². The topological polar surface area (TPSA) is 58.6 Å². The van der Waals surface area contributed by atoms with E-state index in [4.69, 9.17) is 4.74 Å². The van der Waals surface area contributed by atoms with Crippen molar-refractivity contribution in [3.8, 4) is 5.75 Å². The standard InChI is InChI=1S/C24H21F3N2O3/c1-3-4-13-29-21(16-7-5-6-8-17(16)32-2)19-18(23(29)31)20(28-22(19)30)14-9-11-15(12-10-14)24(25,26)27/h5-12H,3-4,13H2,1-2H3,(H,28,30). The van der Waals surface area contributed by atoms with E-state index in [1.165, 1.54) is 19.2 Å². The largest absolute Gasteiger partial charge is 0.496 e. The summed E-state index contributed by atoms with van der Waals surface area (Å²) in [7, 11) is 1.51. The van der Waals surface area contributed by atoms with Crippen LogP contribution >= 0.6 is 0 Å². The van der Waals surface area contributed by atoms with Crippen molar-refractivity contribution < 1.29 is 27.5 Å². The highest BCUT2D eigenvalue weighted by Crippen LogP contribution is 2.44. The SMILES string of the molecule is CCCCN1C(=O)C2=C(c3ccc(C(F)(F)F)cc3)NC(=O)C2=C1c1ccccc1OC. The van der Waals surface area contributed by atoms with Crippen LogP contribution in [-0.4, -0.2) is 30.4 Å². The van der Waals surface area contributed by atoms with Crippen LogP contribution in [0.5, 0.6) is 5.75 Å². The molecule has 5 nitrogen and oxygen atoms in total. The van der Waals surface area contributed by atoms with Crippen molar-refractivity contribution in [1.29, 1.82) is 0 Å². The second kappa shape index (κ2) is 8.18. The van der Waals surface area contributed by atoms with Crippen molar-refractivity contribution in [2.45, 2.75) is 25.9 Å². The van der Waals surface area contributed by atoms with Gasteiger partial charge in [-0.3, -0.25) is 9.59 Å². The van der Waals surface area contributed by atoms with Gasteiger partial charge < -0.3 is 15.0 Å². The smallest absolute Gasteiger partial charge is 0.416 e. The maximum atomic E-state index is 13.4. The van der Waals surface area contributed by atoms with Crippen molar-refractivity contribution >= 4 is 23.2 Å². The number of hydrogen-bond donors (Lipinski definition) is 1. The van der Waals surface area contributed by atoms with E-state index in [1.54, 1.807) is 29.2 Å². The monoisotopic (exact) mass is 442 g/mol. The number of hydrogen-bond acceptors (Lipinski definition) is 3. The highest BCUT2D eigenvalue weighted by Gasteiger charge is 2.45. The summed E-state index contributed by atoms with van der Waals surface area (Å²) in [6, 6.07) is 11.5. The Kier molecular flexibility index (Phi) is 5.54. The number of fused-ring (bicyclic) bond motifs is 1. The molecule has 2 heterocycles. The predicted molar refractivity (Wildman–Crippen MR) is 113 cm³/mol. The number of para-hydroxylation sites is 1. The van der Waals surface area contributed by atoms with Crippen molar-refractivity contribution in [2.24, 2.45) is 0 Å². The molecule has 4 rings (SSSR count). The number of rotatable bonds is 6. The molecule has 2 aromatic rings. The fourth-order valence-corrected chi connectivity index (χ4v) is 3.98. The Balaban J connectivity index is 1.90. The molecule has 0 spiro atoms. The summed E-state index contributed by atoms with van der Waals surface area (Å²) < 4.78 is 44.3. The van der Waals surface area contributed by atoms with Gasteiger partial charge in [-0.1, -0.05) is 37.6 Å². The van der Waals surface area contributed by atoms with Gasteiger partial charge in [0, 0.05) is 12.1 Å². The normalized spacial score (nSPS) is 16.1. The summed E-state index contributed by atoms with van der Waals surface area (Å²) in [5, 5.41) is 2.69. The first-order valence-electron chi connectivity index (χ1n) is 10.2. The minimum Gasteiger partial charge on any atom is -0.496 e. The first-order valence-corrected chi connectivity index (χ1v) is 10.2. The Hall–Kier alpha value is -3.55. The first kappa shape index (κ1) is 21.7. The molecule has 0 aliphatic carbocycles. The third kappa shape index (κ3) is 3.55. The number of alkyl halides is 3. The van der Waals surface area contributed by atoms with Gasteiger partial charge in [-0.25, -0.2) is 0 Å². The number of nitrogens with zero attached hydrogens (tertiary/aromatic N) is 1. The Morgan fingerprint density at radius 3 is 2.31 bits per heavy atom. The second-order valence-corrected chi connectivity index (χ2v) is 7.51. The highest BCUT2D eigenvalue weighted by molar-refractivity contribution is 6.30. The van der Waals surface area contributed by atoms with Gasteiger partial charge in [-0.15, -0.1) is 0 Å². The Bertz CT molecular complexity index is 1150. The number of ether oxygens (including phenoxy) is 1. The highest BCUT2D eigenvalue weighted by atomic mass is 19.4. The predicted octanol–water partition coefficient (Wildman–Crippen LogP) is 4.61. The quantitative estimate of drug-likeness (QED) is 0.711. The zero-order valence-corrected chi connectivity index (χ0v) is 17.5. The van der Waals surface area contributed by atoms with Crippen molar-refractivity contribution in [2.75, 3.05) is 13.7 Å². The minimum absolute atomic E-state index is 0.173. The summed E-state index contributed by atoms with van der Waals surface area (Å²) in [6.45, 7) is 2.40. The van der Waals surface area contributed by atoms with Crippen LogP contribution in [0.25, 0.3) is 11.4 Å². The average Bonchev–Trinajstić information content (AvgIpc) is 3.26. The molecule has 2 aliphatic rings. The number of amides is 2.